The molecule has 1 saturated heterocycles. The summed E-state index contributed by atoms with van der Waals surface area (Å²) < 4.78 is 5.17. The second kappa shape index (κ2) is 4.90. The van der Waals surface area contributed by atoms with E-state index < -0.39 is 0 Å². The molecular weight excluding hydrogens is 278 g/mol. The van der Waals surface area contributed by atoms with Crippen LogP contribution in [-0.2, 0) is 4.79 Å². The number of nitrogens with zero attached hydrogens (tertiary/aromatic N) is 3. The fourth-order valence-electron chi connectivity index (χ4n) is 2.47. The van der Waals surface area contributed by atoms with Gasteiger partial charge in [0, 0.05) is 23.7 Å². The summed E-state index contributed by atoms with van der Waals surface area (Å²) in [5.74, 6) is 1.11. The highest BCUT2D eigenvalue weighted by Gasteiger charge is 2.35. The molecule has 0 bridgehead atoms. The van der Waals surface area contributed by atoms with Crippen LogP contribution in [-0.4, -0.2) is 22.6 Å². The summed E-state index contributed by atoms with van der Waals surface area (Å²) >= 11 is 6.12. The monoisotopic (exact) mass is 291 g/mol. The minimum atomic E-state index is -0.0536. The van der Waals surface area contributed by atoms with Crippen molar-refractivity contribution in [3.63, 3.8) is 0 Å². The van der Waals surface area contributed by atoms with Crippen molar-refractivity contribution in [2.24, 2.45) is 0 Å². The van der Waals surface area contributed by atoms with Gasteiger partial charge in [-0.2, -0.15) is 4.98 Å². The van der Waals surface area contributed by atoms with Gasteiger partial charge in [0.25, 0.3) is 0 Å². The lowest BCUT2D eigenvalue weighted by atomic mass is 10.1. The first-order chi connectivity index (χ1) is 9.56. The van der Waals surface area contributed by atoms with E-state index in [0.29, 0.717) is 29.7 Å². The molecule has 0 aliphatic carbocycles. The van der Waals surface area contributed by atoms with Crippen LogP contribution >= 0.6 is 11.6 Å². The first-order valence-electron chi connectivity index (χ1n) is 6.42. The van der Waals surface area contributed by atoms with E-state index in [4.69, 9.17) is 16.1 Å². The Kier molecular flexibility index (Phi) is 3.22. The van der Waals surface area contributed by atoms with Gasteiger partial charge in [-0.1, -0.05) is 22.8 Å². The fourth-order valence-corrected chi connectivity index (χ4v) is 2.64. The minimum Gasteiger partial charge on any atom is -0.339 e. The molecular formula is C14H14ClN3O2. The van der Waals surface area contributed by atoms with Crippen molar-refractivity contribution in [1.82, 2.24) is 10.1 Å². The Morgan fingerprint density at radius 2 is 2.20 bits per heavy atom. The summed E-state index contributed by atoms with van der Waals surface area (Å²) in [4.78, 5) is 18.2. The van der Waals surface area contributed by atoms with Crippen molar-refractivity contribution in [3.8, 4) is 0 Å². The van der Waals surface area contributed by atoms with Gasteiger partial charge in [0.2, 0.25) is 11.8 Å². The average Bonchev–Trinajstić information content (AvgIpc) is 2.99. The maximum atomic E-state index is 12.2. The van der Waals surface area contributed by atoms with E-state index in [9.17, 15) is 4.79 Å². The van der Waals surface area contributed by atoms with Crippen LogP contribution in [0.4, 0.5) is 5.69 Å². The molecule has 1 aliphatic rings. The van der Waals surface area contributed by atoms with Gasteiger partial charge in [0.1, 0.15) is 0 Å². The predicted octanol–water partition coefficient (Wildman–Crippen LogP) is 2.86. The maximum Gasteiger partial charge on any atom is 0.232 e. The lowest BCUT2D eigenvalue weighted by Gasteiger charge is -2.19. The summed E-state index contributed by atoms with van der Waals surface area (Å²) in [6, 6.07) is 5.57. The molecule has 3 rings (SSSR count). The molecule has 1 amide bonds. The highest BCUT2D eigenvalue weighted by atomic mass is 35.5. The number of amides is 1. The molecule has 0 radical (unpaired) electrons. The van der Waals surface area contributed by atoms with Crippen LogP contribution in [0, 0.1) is 13.8 Å². The van der Waals surface area contributed by atoms with Crippen molar-refractivity contribution in [2.45, 2.75) is 26.2 Å². The van der Waals surface area contributed by atoms with Gasteiger partial charge in [0.05, 0.1) is 5.92 Å². The smallest absolute Gasteiger partial charge is 0.232 e. The van der Waals surface area contributed by atoms with Crippen molar-refractivity contribution >= 4 is 23.2 Å². The third kappa shape index (κ3) is 2.18. The molecule has 20 heavy (non-hydrogen) atoms. The van der Waals surface area contributed by atoms with Crippen LogP contribution in [0.15, 0.2) is 22.7 Å². The maximum absolute atomic E-state index is 12.2. The van der Waals surface area contributed by atoms with E-state index in [-0.39, 0.29) is 11.8 Å². The zero-order valence-corrected chi connectivity index (χ0v) is 12.0. The molecule has 2 aromatic rings. The first-order valence-corrected chi connectivity index (χ1v) is 6.79. The van der Waals surface area contributed by atoms with E-state index >= 15 is 0 Å². The van der Waals surface area contributed by atoms with Gasteiger partial charge >= 0.3 is 0 Å². The van der Waals surface area contributed by atoms with Crippen LogP contribution in [0.1, 0.15) is 29.6 Å². The zero-order valence-electron chi connectivity index (χ0n) is 11.3. The van der Waals surface area contributed by atoms with E-state index in [1.54, 1.807) is 11.8 Å². The zero-order chi connectivity index (χ0) is 14.3. The number of carbonyl (C=O) groups excluding carboxylic acids is 1. The number of anilines is 1. The molecule has 1 unspecified atom stereocenters. The number of aryl methyl sites for hydroxylation is 1. The van der Waals surface area contributed by atoms with Gasteiger partial charge < -0.3 is 9.42 Å². The van der Waals surface area contributed by atoms with Crippen LogP contribution < -0.4 is 4.90 Å². The standard InChI is InChI=1S/C14H14ClN3O2/c1-8-11(15)4-3-5-12(8)18-7-10(6-13(18)19)14-16-9(2)17-20-14/h3-5,10H,6-7H2,1-2H3. The van der Waals surface area contributed by atoms with Crippen molar-refractivity contribution < 1.29 is 9.32 Å². The fraction of sp³-hybridized carbons (Fsp3) is 0.357. The van der Waals surface area contributed by atoms with Crippen molar-refractivity contribution in [2.75, 3.05) is 11.4 Å². The van der Waals surface area contributed by atoms with Crippen LogP contribution in [0.5, 0.6) is 0 Å². The van der Waals surface area contributed by atoms with E-state index in [2.05, 4.69) is 10.1 Å². The normalized spacial score (nSPS) is 18.9. The van der Waals surface area contributed by atoms with Crippen LogP contribution in [0.2, 0.25) is 5.02 Å². The third-order valence-corrected chi connectivity index (χ3v) is 3.96. The second-order valence-corrected chi connectivity index (χ2v) is 5.38. The summed E-state index contributed by atoms with van der Waals surface area (Å²) in [5.41, 5.74) is 1.76. The van der Waals surface area contributed by atoms with Crippen LogP contribution in [0.3, 0.4) is 0 Å². The number of hydrogen-bond donors (Lipinski definition) is 0. The van der Waals surface area contributed by atoms with E-state index in [1.165, 1.54) is 0 Å². The topological polar surface area (TPSA) is 59.2 Å². The first kappa shape index (κ1) is 13.1. The average molecular weight is 292 g/mol. The quantitative estimate of drug-likeness (QED) is 0.853. The SMILES string of the molecule is Cc1noc(C2CC(=O)N(c3cccc(Cl)c3C)C2)n1. The highest BCUT2D eigenvalue weighted by Crippen LogP contribution is 2.34. The largest absolute Gasteiger partial charge is 0.339 e. The minimum absolute atomic E-state index is 0.0521. The van der Waals surface area contributed by atoms with Crippen LogP contribution in [0.25, 0.3) is 0 Å². The number of carbonyl (C=O) groups is 1. The molecule has 1 aromatic heterocycles. The van der Waals surface area contributed by atoms with Gasteiger partial charge in [-0.25, -0.2) is 0 Å². The Morgan fingerprint density at radius 3 is 2.90 bits per heavy atom. The molecule has 1 aromatic carbocycles. The van der Waals surface area contributed by atoms with Gasteiger partial charge in [-0.05, 0) is 31.5 Å². The molecule has 6 heteroatoms. The highest BCUT2D eigenvalue weighted by molar-refractivity contribution is 6.31. The predicted molar refractivity (Wildman–Crippen MR) is 74.9 cm³/mol. The summed E-state index contributed by atoms with van der Waals surface area (Å²) in [6.07, 6.45) is 0.383. The Morgan fingerprint density at radius 1 is 1.40 bits per heavy atom. The Balaban J connectivity index is 1.89. The van der Waals surface area contributed by atoms with Gasteiger partial charge in [-0.15, -0.1) is 0 Å². The molecule has 1 aliphatic heterocycles. The summed E-state index contributed by atoms with van der Waals surface area (Å²) in [5, 5.41) is 4.44. The number of halogens is 1. The second-order valence-electron chi connectivity index (χ2n) is 4.97. The van der Waals surface area contributed by atoms with Gasteiger partial charge in [0.15, 0.2) is 5.82 Å². The van der Waals surface area contributed by atoms with Crippen molar-refractivity contribution in [1.29, 1.82) is 0 Å². The number of hydrogen-bond acceptors (Lipinski definition) is 4. The molecule has 0 spiro atoms. The van der Waals surface area contributed by atoms with E-state index in [1.807, 2.05) is 25.1 Å². The number of rotatable bonds is 2. The Hall–Kier alpha value is -1.88. The third-order valence-electron chi connectivity index (χ3n) is 3.55. The summed E-state index contributed by atoms with van der Waals surface area (Å²) in [6.45, 7) is 4.22. The molecule has 0 saturated carbocycles. The van der Waals surface area contributed by atoms with E-state index in [0.717, 1.165) is 11.3 Å². The van der Waals surface area contributed by atoms with Crippen molar-refractivity contribution in [3.05, 3.63) is 40.5 Å². The lowest BCUT2D eigenvalue weighted by Crippen LogP contribution is -2.25. The molecule has 0 N–H and O–H groups in total. The Bertz CT molecular complexity index is 668. The Labute approximate surface area is 121 Å². The molecule has 5 nitrogen and oxygen atoms in total. The molecule has 104 valence electrons. The molecule has 2 heterocycles. The lowest BCUT2D eigenvalue weighted by molar-refractivity contribution is -0.117. The number of aromatic nitrogens is 2. The molecule has 1 atom stereocenters. The number of benzene rings is 1. The summed E-state index contributed by atoms with van der Waals surface area (Å²) in [7, 11) is 0. The molecule has 1 fully saturated rings. The van der Waals surface area contributed by atoms with Gasteiger partial charge in [-0.3, -0.25) is 4.79 Å².